The predicted octanol–water partition coefficient (Wildman–Crippen LogP) is 3.46. The van der Waals surface area contributed by atoms with Gasteiger partial charge in [-0.2, -0.15) is 0 Å². The van der Waals surface area contributed by atoms with Gasteiger partial charge in [0.05, 0.1) is 0 Å². The standard InChI is InChI=1S/C23H23FN4O/c1-16-14-21(22(29)25-12-10-18-7-4-5-9-20(18)24)27-23(26-16)28-13-11-17-6-2-3-8-19(17)15-28/h2-9,14H,10-13,15H2,1H3,(H,25,29). The summed E-state index contributed by atoms with van der Waals surface area (Å²) in [5.41, 5.74) is 4.27. The Kier molecular flexibility index (Phi) is 5.51. The van der Waals surface area contributed by atoms with Crippen molar-refractivity contribution in [2.45, 2.75) is 26.3 Å². The monoisotopic (exact) mass is 390 g/mol. The average Bonchev–Trinajstić information content (AvgIpc) is 2.74. The molecule has 0 atom stereocenters. The average molecular weight is 390 g/mol. The van der Waals surface area contributed by atoms with Gasteiger partial charge in [-0.1, -0.05) is 42.5 Å². The zero-order chi connectivity index (χ0) is 20.2. The number of nitrogens with zero attached hydrogens (tertiary/aromatic N) is 3. The van der Waals surface area contributed by atoms with Crippen molar-refractivity contribution in [3.63, 3.8) is 0 Å². The summed E-state index contributed by atoms with van der Waals surface area (Å²) >= 11 is 0. The lowest BCUT2D eigenvalue weighted by Crippen LogP contribution is -2.33. The molecule has 2 aromatic carbocycles. The number of halogens is 1. The summed E-state index contributed by atoms with van der Waals surface area (Å²) in [4.78, 5) is 23.7. The molecule has 3 aromatic rings. The van der Waals surface area contributed by atoms with Crippen LogP contribution in [0.1, 0.15) is 32.9 Å². The molecule has 6 heteroatoms. The topological polar surface area (TPSA) is 58.1 Å². The molecule has 5 nitrogen and oxygen atoms in total. The highest BCUT2D eigenvalue weighted by Gasteiger charge is 2.20. The molecule has 0 spiro atoms. The first-order chi connectivity index (χ1) is 14.1. The third-order valence-corrected chi connectivity index (χ3v) is 5.13. The molecule has 1 aliphatic rings. The summed E-state index contributed by atoms with van der Waals surface area (Å²) in [6, 6.07) is 16.6. The molecule has 1 aromatic heterocycles. The molecule has 1 N–H and O–H groups in total. The lowest BCUT2D eigenvalue weighted by Gasteiger charge is -2.29. The van der Waals surface area contributed by atoms with Crippen molar-refractivity contribution in [1.82, 2.24) is 15.3 Å². The van der Waals surface area contributed by atoms with Gasteiger partial charge in [-0.15, -0.1) is 0 Å². The Labute approximate surface area is 169 Å². The van der Waals surface area contributed by atoms with Gasteiger partial charge < -0.3 is 10.2 Å². The van der Waals surface area contributed by atoms with Gasteiger partial charge in [0, 0.05) is 25.3 Å². The number of carbonyl (C=O) groups excluding carboxylic acids is 1. The fraction of sp³-hybridized carbons (Fsp3) is 0.261. The van der Waals surface area contributed by atoms with Crippen molar-refractivity contribution in [1.29, 1.82) is 0 Å². The van der Waals surface area contributed by atoms with Crippen LogP contribution in [-0.2, 0) is 19.4 Å². The summed E-state index contributed by atoms with van der Waals surface area (Å²) in [5.74, 6) is 0.0385. The van der Waals surface area contributed by atoms with Crippen molar-refractivity contribution in [2.75, 3.05) is 18.0 Å². The van der Waals surface area contributed by atoms with Crippen LogP contribution in [0.5, 0.6) is 0 Å². The Morgan fingerprint density at radius 1 is 1.10 bits per heavy atom. The molecule has 0 saturated heterocycles. The van der Waals surface area contributed by atoms with E-state index in [1.165, 1.54) is 17.2 Å². The molecule has 1 amide bonds. The molecule has 0 radical (unpaired) electrons. The van der Waals surface area contributed by atoms with E-state index < -0.39 is 0 Å². The van der Waals surface area contributed by atoms with Crippen LogP contribution in [0.4, 0.5) is 10.3 Å². The van der Waals surface area contributed by atoms with Crippen LogP contribution >= 0.6 is 0 Å². The second kappa shape index (κ2) is 8.39. The van der Waals surface area contributed by atoms with E-state index in [0.717, 1.165) is 25.2 Å². The van der Waals surface area contributed by atoms with Crippen LogP contribution in [0.15, 0.2) is 54.6 Å². The van der Waals surface area contributed by atoms with E-state index in [0.29, 0.717) is 30.2 Å². The number of benzene rings is 2. The number of carbonyl (C=O) groups is 1. The zero-order valence-corrected chi connectivity index (χ0v) is 16.4. The number of hydrogen-bond donors (Lipinski definition) is 1. The molecule has 0 unspecified atom stereocenters. The van der Waals surface area contributed by atoms with Crippen LogP contribution in [0.3, 0.4) is 0 Å². The maximum Gasteiger partial charge on any atom is 0.270 e. The molecule has 0 fully saturated rings. The molecule has 29 heavy (non-hydrogen) atoms. The van der Waals surface area contributed by atoms with E-state index in [1.807, 2.05) is 13.0 Å². The van der Waals surface area contributed by atoms with Crippen LogP contribution in [-0.4, -0.2) is 29.0 Å². The fourth-order valence-electron chi connectivity index (χ4n) is 3.58. The largest absolute Gasteiger partial charge is 0.350 e. The number of anilines is 1. The zero-order valence-electron chi connectivity index (χ0n) is 16.4. The van der Waals surface area contributed by atoms with Gasteiger partial charge in [0.15, 0.2) is 0 Å². The Morgan fingerprint density at radius 3 is 2.69 bits per heavy atom. The maximum absolute atomic E-state index is 13.7. The van der Waals surface area contributed by atoms with Gasteiger partial charge in [-0.3, -0.25) is 4.79 Å². The third-order valence-electron chi connectivity index (χ3n) is 5.13. The smallest absolute Gasteiger partial charge is 0.270 e. The van der Waals surface area contributed by atoms with E-state index in [9.17, 15) is 9.18 Å². The van der Waals surface area contributed by atoms with E-state index in [-0.39, 0.29) is 11.7 Å². The Morgan fingerprint density at radius 2 is 1.86 bits per heavy atom. The first-order valence-electron chi connectivity index (χ1n) is 9.79. The van der Waals surface area contributed by atoms with Gasteiger partial charge in [-0.05, 0) is 48.6 Å². The normalized spacial score (nSPS) is 13.1. The SMILES string of the molecule is Cc1cc(C(=O)NCCc2ccccc2F)nc(N2CCc3ccccc3C2)n1. The molecule has 148 valence electrons. The molecule has 4 rings (SSSR count). The molecule has 0 aliphatic carbocycles. The van der Waals surface area contributed by atoms with Crippen LogP contribution in [0.2, 0.25) is 0 Å². The molecular formula is C23H23FN4O. The van der Waals surface area contributed by atoms with Gasteiger partial charge in [0.1, 0.15) is 11.5 Å². The van der Waals surface area contributed by atoms with E-state index >= 15 is 0 Å². The van der Waals surface area contributed by atoms with Crippen molar-refractivity contribution in [2.24, 2.45) is 0 Å². The quantitative estimate of drug-likeness (QED) is 0.725. The van der Waals surface area contributed by atoms with Crippen LogP contribution in [0.25, 0.3) is 0 Å². The van der Waals surface area contributed by atoms with Crippen molar-refractivity contribution >= 4 is 11.9 Å². The second-order valence-corrected chi connectivity index (χ2v) is 7.23. The summed E-state index contributed by atoms with van der Waals surface area (Å²) in [6.07, 6.45) is 1.36. The molecule has 1 aliphatic heterocycles. The van der Waals surface area contributed by atoms with Gasteiger partial charge in [0.2, 0.25) is 5.95 Å². The predicted molar refractivity (Wildman–Crippen MR) is 110 cm³/mol. The Bertz CT molecular complexity index is 1040. The third kappa shape index (κ3) is 4.42. The number of amides is 1. The first-order valence-corrected chi connectivity index (χ1v) is 9.79. The van der Waals surface area contributed by atoms with E-state index in [2.05, 4.69) is 38.4 Å². The minimum absolute atomic E-state index is 0.257. The summed E-state index contributed by atoms with van der Waals surface area (Å²) < 4.78 is 13.7. The molecule has 2 heterocycles. The number of aromatic nitrogens is 2. The molecular weight excluding hydrogens is 367 g/mol. The molecule has 0 saturated carbocycles. The van der Waals surface area contributed by atoms with Crippen molar-refractivity contribution < 1.29 is 9.18 Å². The number of fused-ring (bicyclic) bond motifs is 1. The first kappa shape index (κ1) is 19.1. The minimum Gasteiger partial charge on any atom is -0.350 e. The van der Waals surface area contributed by atoms with E-state index in [4.69, 9.17) is 0 Å². The minimum atomic E-state index is -0.273. The Hall–Kier alpha value is -3.28. The van der Waals surface area contributed by atoms with Crippen LogP contribution < -0.4 is 10.2 Å². The number of aryl methyl sites for hydroxylation is 1. The number of rotatable bonds is 5. The fourth-order valence-corrected chi connectivity index (χ4v) is 3.58. The maximum atomic E-state index is 13.7. The Balaban J connectivity index is 1.44. The van der Waals surface area contributed by atoms with Crippen LogP contribution in [0, 0.1) is 12.7 Å². The lowest BCUT2D eigenvalue weighted by molar-refractivity contribution is 0.0949. The second-order valence-electron chi connectivity index (χ2n) is 7.23. The highest BCUT2D eigenvalue weighted by atomic mass is 19.1. The van der Waals surface area contributed by atoms with Gasteiger partial charge in [0.25, 0.3) is 5.91 Å². The summed E-state index contributed by atoms with van der Waals surface area (Å²) in [7, 11) is 0. The lowest BCUT2D eigenvalue weighted by atomic mass is 10.0. The number of hydrogen-bond acceptors (Lipinski definition) is 4. The summed E-state index contributed by atoms with van der Waals surface area (Å²) in [6.45, 7) is 3.75. The van der Waals surface area contributed by atoms with Gasteiger partial charge >= 0.3 is 0 Å². The number of nitrogens with one attached hydrogen (secondary N) is 1. The van der Waals surface area contributed by atoms with Gasteiger partial charge in [-0.25, -0.2) is 14.4 Å². The molecule has 0 bridgehead atoms. The highest BCUT2D eigenvalue weighted by molar-refractivity contribution is 5.92. The van der Waals surface area contributed by atoms with Crippen molar-refractivity contribution in [3.05, 3.63) is 88.5 Å². The highest BCUT2D eigenvalue weighted by Crippen LogP contribution is 2.22. The van der Waals surface area contributed by atoms with E-state index in [1.54, 1.807) is 24.3 Å². The summed E-state index contributed by atoms with van der Waals surface area (Å²) in [5, 5.41) is 2.83. The van der Waals surface area contributed by atoms with Crippen molar-refractivity contribution in [3.8, 4) is 0 Å².